The molecule has 21 heavy (non-hydrogen) atoms. The van der Waals surface area contributed by atoms with Crippen molar-refractivity contribution in [1.29, 1.82) is 0 Å². The zero-order chi connectivity index (χ0) is 15.5. The highest BCUT2D eigenvalue weighted by Gasteiger charge is 2.32. The van der Waals surface area contributed by atoms with E-state index in [9.17, 15) is 4.79 Å². The first-order chi connectivity index (χ1) is 9.95. The van der Waals surface area contributed by atoms with Gasteiger partial charge in [-0.1, -0.05) is 32.0 Å². The van der Waals surface area contributed by atoms with Crippen LogP contribution in [0.1, 0.15) is 45.1 Å². The normalized spacial score (nSPS) is 20.3. The molecular weight excluding hydrogens is 264 g/mol. The fourth-order valence-corrected chi connectivity index (χ4v) is 3.09. The van der Waals surface area contributed by atoms with Crippen LogP contribution in [0.3, 0.4) is 0 Å². The number of nitrogens with one attached hydrogen (secondary N) is 1. The lowest BCUT2D eigenvalue weighted by atomic mass is 9.87. The minimum absolute atomic E-state index is 0.0550. The minimum Gasteiger partial charge on any atom is -0.493 e. The average Bonchev–Trinajstić information content (AvgIpc) is 2.45. The maximum absolute atomic E-state index is 12.7. The first-order valence-electron chi connectivity index (χ1n) is 7.69. The highest BCUT2D eigenvalue weighted by atomic mass is 16.5. The Hall–Kier alpha value is -1.55. The molecule has 0 saturated heterocycles. The smallest absolute Gasteiger partial charge is 0.228 e. The molecule has 1 heterocycles. The molecule has 1 aromatic carbocycles. The molecule has 4 heteroatoms. The van der Waals surface area contributed by atoms with E-state index in [0.717, 1.165) is 17.7 Å². The molecule has 2 atom stereocenters. The lowest BCUT2D eigenvalue weighted by molar-refractivity contribution is -0.125. The Bertz CT molecular complexity index is 501. The molecule has 4 nitrogen and oxygen atoms in total. The zero-order valence-corrected chi connectivity index (χ0v) is 13.2. The van der Waals surface area contributed by atoms with Crippen molar-refractivity contribution in [3.8, 4) is 5.75 Å². The second kappa shape index (κ2) is 6.48. The monoisotopic (exact) mass is 290 g/mol. The van der Waals surface area contributed by atoms with Crippen LogP contribution in [0.5, 0.6) is 5.75 Å². The summed E-state index contributed by atoms with van der Waals surface area (Å²) in [6.45, 7) is 7.34. The van der Waals surface area contributed by atoms with E-state index in [1.165, 1.54) is 0 Å². The second-order valence-corrected chi connectivity index (χ2v) is 6.58. The predicted molar refractivity (Wildman–Crippen MR) is 84.4 cm³/mol. The highest BCUT2D eigenvalue weighted by molar-refractivity contribution is 5.85. The molecule has 1 aromatic rings. The zero-order valence-electron chi connectivity index (χ0n) is 13.2. The second-order valence-electron chi connectivity index (χ2n) is 6.58. The number of hydrogen-bond donors (Lipinski definition) is 2. The van der Waals surface area contributed by atoms with Crippen molar-refractivity contribution in [3.05, 3.63) is 29.8 Å². The Morgan fingerprint density at radius 3 is 2.86 bits per heavy atom. The minimum atomic E-state index is -0.349. The molecule has 0 radical (unpaired) electrons. The number of ether oxygens (including phenoxy) is 1. The number of fused-ring (bicyclic) bond motifs is 1. The highest BCUT2D eigenvalue weighted by Crippen LogP contribution is 2.34. The maximum atomic E-state index is 12.7. The summed E-state index contributed by atoms with van der Waals surface area (Å²) < 4.78 is 5.62. The van der Waals surface area contributed by atoms with Crippen molar-refractivity contribution < 1.29 is 9.53 Å². The van der Waals surface area contributed by atoms with Gasteiger partial charge in [0.25, 0.3) is 0 Å². The number of hydrogen-bond acceptors (Lipinski definition) is 3. The first kappa shape index (κ1) is 15.8. The number of amides is 1. The van der Waals surface area contributed by atoms with E-state index in [1.54, 1.807) is 0 Å². The van der Waals surface area contributed by atoms with Gasteiger partial charge in [-0.3, -0.25) is 4.79 Å². The summed E-state index contributed by atoms with van der Waals surface area (Å²) >= 11 is 0. The first-order valence-corrected chi connectivity index (χ1v) is 7.69. The molecule has 116 valence electrons. The summed E-state index contributed by atoms with van der Waals surface area (Å²) in [4.78, 5) is 12.7. The van der Waals surface area contributed by atoms with Crippen LogP contribution in [0.2, 0.25) is 0 Å². The van der Waals surface area contributed by atoms with Gasteiger partial charge in [0.2, 0.25) is 5.91 Å². The lowest BCUT2D eigenvalue weighted by Gasteiger charge is -2.34. The van der Waals surface area contributed by atoms with Gasteiger partial charge in [-0.15, -0.1) is 0 Å². The number of para-hydroxylation sites is 1. The van der Waals surface area contributed by atoms with Crippen LogP contribution in [0.4, 0.5) is 0 Å². The summed E-state index contributed by atoms with van der Waals surface area (Å²) in [7, 11) is 0. The third kappa shape index (κ3) is 3.76. The SMILES string of the molecule is CC(C)CC(C)(CN)NC(=O)C1CCOc2ccccc21. The number of carbonyl (C=O) groups excluding carboxylic acids is 1. The van der Waals surface area contributed by atoms with Gasteiger partial charge < -0.3 is 15.8 Å². The van der Waals surface area contributed by atoms with Gasteiger partial charge in [0.1, 0.15) is 5.75 Å². The van der Waals surface area contributed by atoms with Gasteiger partial charge >= 0.3 is 0 Å². The van der Waals surface area contributed by atoms with Gasteiger partial charge in [0.05, 0.1) is 12.5 Å². The largest absolute Gasteiger partial charge is 0.493 e. The average molecular weight is 290 g/mol. The topological polar surface area (TPSA) is 64.3 Å². The fourth-order valence-electron chi connectivity index (χ4n) is 3.09. The number of benzene rings is 1. The van der Waals surface area contributed by atoms with Gasteiger partial charge in [0, 0.05) is 17.6 Å². The van der Waals surface area contributed by atoms with E-state index in [1.807, 2.05) is 31.2 Å². The van der Waals surface area contributed by atoms with Crippen molar-refractivity contribution in [2.45, 2.75) is 45.1 Å². The number of nitrogens with two attached hydrogens (primary N) is 1. The molecule has 0 fully saturated rings. The fraction of sp³-hybridized carbons (Fsp3) is 0.588. The summed E-state index contributed by atoms with van der Waals surface area (Å²) in [5.74, 6) is 1.22. The van der Waals surface area contributed by atoms with Crippen LogP contribution in [0.25, 0.3) is 0 Å². The third-order valence-electron chi connectivity index (χ3n) is 4.01. The molecule has 1 amide bonds. The van der Waals surface area contributed by atoms with E-state index in [0.29, 0.717) is 25.5 Å². The molecule has 0 aliphatic carbocycles. The van der Waals surface area contributed by atoms with Crippen LogP contribution in [-0.2, 0) is 4.79 Å². The predicted octanol–water partition coefficient (Wildman–Crippen LogP) is 2.43. The Morgan fingerprint density at radius 1 is 1.48 bits per heavy atom. The lowest BCUT2D eigenvalue weighted by Crippen LogP contribution is -2.53. The Labute approximate surface area is 127 Å². The van der Waals surface area contributed by atoms with Gasteiger partial charge in [-0.25, -0.2) is 0 Å². The van der Waals surface area contributed by atoms with Crippen LogP contribution >= 0.6 is 0 Å². The molecular formula is C17H26N2O2. The molecule has 0 saturated carbocycles. The van der Waals surface area contributed by atoms with Crippen LogP contribution in [0, 0.1) is 5.92 Å². The van der Waals surface area contributed by atoms with Gasteiger partial charge in [-0.2, -0.15) is 0 Å². The molecule has 1 aliphatic heterocycles. The molecule has 2 rings (SSSR count). The van der Waals surface area contributed by atoms with Crippen LogP contribution < -0.4 is 15.8 Å². The van der Waals surface area contributed by atoms with Crippen LogP contribution in [0.15, 0.2) is 24.3 Å². The quantitative estimate of drug-likeness (QED) is 0.875. The van der Waals surface area contributed by atoms with Crippen molar-refractivity contribution >= 4 is 5.91 Å². The molecule has 0 aromatic heterocycles. The summed E-state index contributed by atoms with van der Waals surface area (Å²) in [5, 5.41) is 3.17. The van der Waals surface area contributed by atoms with Crippen molar-refractivity contribution in [2.75, 3.05) is 13.2 Å². The summed E-state index contributed by atoms with van der Waals surface area (Å²) in [6.07, 6.45) is 1.59. The summed E-state index contributed by atoms with van der Waals surface area (Å²) in [6, 6.07) is 7.78. The molecule has 1 aliphatic rings. The number of carbonyl (C=O) groups is 1. The Balaban J connectivity index is 2.14. The Morgan fingerprint density at radius 2 is 2.19 bits per heavy atom. The van der Waals surface area contributed by atoms with E-state index >= 15 is 0 Å². The summed E-state index contributed by atoms with van der Waals surface area (Å²) in [5.41, 5.74) is 6.52. The van der Waals surface area contributed by atoms with Gasteiger partial charge in [-0.05, 0) is 31.7 Å². The standard InChI is InChI=1S/C17H26N2O2/c1-12(2)10-17(3,11-18)19-16(20)14-8-9-21-15-7-5-4-6-13(14)15/h4-7,12,14H,8-11,18H2,1-3H3,(H,19,20). The van der Waals surface area contributed by atoms with Crippen molar-refractivity contribution in [2.24, 2.45) is 11.7 Å². The van der Waals surface area contributed by atoms with E-state index in [2.05, 4.69) is 19.2 Å². The molecule has 0 spiro atoms. The van der Waals surface area contributed by atoms with Crippen molar-refractivity contribution in [3.63, 3.8) is 0 Å². The molecule has 3 N–H and O–H groups in total. The number of rotatable bonds is 5. The Kier molecular flexibility index (Phi) is 4.88. The van der Waals surface area contributed by atoms with Crippen molar-refractivity contribution in [1.82, 2.24) is 5.32 Å². The third-order valence-corrected chi connectivity index (χ3v) is 4.01. The van der Waals surface area contributed by atoms with E-state index < -0.39 is 0 Å². The maximum Gasteiger partial charge on any atom is 0.228 e. The van der Waals surface area contributed by atoms with E-state index in [4.69, 9.17) is 10.5 Å². The molecule has 2 unspecified atom stereocenters. The van der Waals surface area contributed by atoms with Crippen LogP contribution in [-0.4, -0.2) is 24.6 Å². The van der Waals surface area contributed by atoms with E-state index in [-0.39, 0.29) is 17.4 Å². The molecule has 0 bridgehead atoms. The van der Waals surface area contributed by atoms with Gasteiger partial charge in [0.15, 0.2) is 0 Å².